The first-order valence-electron chi connectivity index (χ1n) is 9.08. The van der Waals surface area contributed by atoms with Crippen LogP contribution in [0.3, 0.4) is 0 Å². The third kappa shape index (κ3) is 4.62. The minimum Gasteiger partial charge on any atom is -0.319 e. The Morgan fingerprint density at radius 2 is 1.71 bits per heavy atom. The Morgan fingerprint density at radius 1 is 0.968 bits per heavy atom. The summed E-state index contributed by atoms with van der Waals surface area (Å²) >= 11 is 21.7. The maximum atomic E-state index is 12.9. The summed E-state index contributed by atoms with van der Waals surface area (Å²) in [5.74, 6) is 0.0377. The van der Waals surface area contributed by atoms with Gasteiger partial charge in [-0.1, -0.05) is 68.9 Å². The van der Waals surface area contributed by atoms with Crippen molar-refractivity contribution in [2.75, 3.05) is 5.32 Å². The minimum atomic E-state index is -0.477. The summed E-state index contributed by atoms with van der Waals surface area (Å²) in [7, 11) is 0. The third-order valence-corrected chi connectivity index (χ3v) is 6.23. The Hall–Kier alpha value is -2.38. The molecule has 0 atom stereocenters. The van der Waals surface area contributed by atoms with E-state index in [0.29, 0.717) is 26.6 Å². The second kappa shape index (κ2) is 9.01. The molecule has 1 amide bonds. The number of carbonyl (C=O) groups excluding carboxylic acids is 1. The number of nitrogens with zero attached hydrogens (tertiary/aromatic N) is 3. The van der Waals surface area contributed by atoms with Crippen molar-refractivity contribution >= 4 is 62.3 Å². The van der Waals surface area contributed by atoms with Crippen LogP contribution in [0.4, 0.5) is 5.69 Å². The van der Waals surface area contributed by atoms with E-state index < -0.39 is 5.91 Å². The molecule has 0 bridgehead atoms. The molecule has 1 heterocycles. The van der Waals surface area contributed by atoms with Crippen molar-refractivity contribution in [3.8, 4) is 17.1 Å². The summed E-state index contributed by atoms with van der Waals surface area (Å²) in [6.07, 6.45) is 0. The van der Waals surface area contributed by atoms with E-state index in [1.54, 1.807) is 28.9 Å². The molecule has 0 aliphatic heterocycles. The number of halogens is 4. The molecular weight excluding hydrogens is 523 g/mol. The van der Waals surface area contributed by atoms with Crippen molar-refractivity contribution in [2.45, 2.75) is 6.92 Å². The zero-order valence-electron chi connectivity index (χ0n) is 16.0. The standard InChI is InChI=1S/C22H14BrCl3N4O/c1-12-16(24)3-2-4-19(12)30-21(13-5-7-14(23)8-6-13)28-20(29-30)22(31)27-15-9-10-17(25)18(26)11-15/h2-11H,1H3,(H,27,31). The molecule has 9 heteroatoms. The van der Waals surface area contributed by atoms with Crippen LogP contribution in [0, 0.1) is 6.92 Å². The average molecular weight is 537 g/mol. The highest BCUT2D eigenvalue weighted by Gasteiger charge is 2.20. The lowest BCUT2D eigenvalue weighted by Crippen LogP contribution is -2.14. The Morgan fingerprint density at radius 3 is 2.42 bits per heavy atom. The van der Waals surface area contributed by atoms with Crippen molar-refractivity contribution in [2.24, 2.45) is 0 Å². The summed E-state index contributed by atoms with van der Waals surface area (Å²) in [5.41, 5.74) is 2.83. The molecule has 0 spiro atoms. The Kier molecular flexibility index (Phi) is 6.34. The van der Waals surface area contributed by atoms with Crippen LogP contribution < -0.4 is 5.32 Å². The molecule has 0 aliphatic carbocycles. The average Bonchev–Trinajstić information content (AvgIpc) is 3.18. The highest BCUT2D eigenvalue weighted by atomic mass is 79.9. The van der Waals surface area contributed by atoms with Gasteiger partial charge in [-0.3, -0.25) is 4.79 Å². The molecule has 4 aromatic rings. The number of hydrogen-bond acceptors (Lipinski definition) is 3. The van der Waals surface area contributed by atoms with Crippen LogP contribution in [0.2, 0.25) is 15.1 Å². The van der Waals surface area contributed by atoms with Crippen LogP contribution >= 0.6 is 50.7 Å². The lowest BCUT2D eigenvalue weighted by Gasteiger charge is -2.10. The molecule has 0 aliphatic rings. The molecule has 1 aromatic heterocycles. The molecule has 1 N–H and O–H groups in total. The van der Waals surface area contributed by atoms with E-state index in [9.17, 15) is 4.79 Å². The molecule has 0 fully saturated rings. The van der Waals surface area contributed by atoms with E-state index in [2.05, 4.69) is 31.3 Å². The molecule has 0 saturated heterocycles. The van der Waals surface area contributed by atoms with E-state index in [0.717, 1.165) is 21.3 Å². The maximum Gasteiger partial charge on any atom is 0.295 e. The van der Waals surface area contributed by atoms with Gasteiger partial charge in [-0.15, -0.1) is 5.10 Å². The van der Waals surface area contributed by atoms with Gasteiger partial charge >= 0.3 is 0 Å². The first kappa shape index (κ1) is 21.8. The molecule has 0 radical (unpaired) electrons. The van der Waals surface area contributed by atoms with Crippen molar-refractivity contribution < 1.29 is 4.79 Å². The number of aromatic nitrogens is 3. The second-order valence-electron chi connectivity index (χ2n) is 6.64. The van der Waals surface area contributed by atoms with E-state index in [1.807, 2.05) is 43.3 Å². The van der Waals surface area contributed by atoms with Gasteiger partial charge in [0.15, 0.2) is 5.82 Å². The lowest BCUT2D eigenvalue weighted by atomic mass is 10.1. The highest BCUT2D eigenvalue weighted by Crippen LogP contribution is 2.28. The fourth-order valence-corrected chi connectivity index (χ4v) is 3.68. The van der Waals surface area contributed by atoms with E-state index in [1.165, 1.54) is 0 Å². The SMILES string of the molecule is Cc1c(Cl)cccc1-n1nc(C(=O)Nc2ccc(Cl)c(Cl)c2)nc1-c1ccc(Br)cc1. The number of hydrogen-bond donors (Lipinski definition) is 1. The molecule has 31 heavy (non-hydrogen) atoms. The van der Waals surface area contributed by atoms with Crippen molar-refractivity contribution in [1.82, 2.24) is 14.8 Å². The Bertz CT molecular complexity index is 1290. The summed E-state index contributed by atoms with van der Waals surface area (Å²) < 4.78 is 2.55. The highest BCUT2D eigenvalue weighted by molar-refractivity contribution is 9.10. The first-order chi connectivity index (χ1) is 14.8. The van der Waals surface area contributed by atoms with Gasteiger partial charge in [0.05, 0.1) is 15.7 Å². The molecule has 0 saturated carbocycles. The van der Waals surface area contributed by atoms with Gasteiger partial charge in [0.1, 0.15) is 0 Å². The number of rotatable bonds is 4. The summed E-state index contributed by atoms with van der Waals surface area (Å²) in [6.45, 7) is 1.89. The minimum absolute atomic E-state index is 0.00312. The van der Waals surface area contributed by atoms with Crippen molar-refractivity contribution in [3.63, 3.8) is 0 Å². The van der Waals surface area contributed by atoms with Gasteiger partial charge in [-0.05, 0) is 55.0 Å². The number of nitrogens with one attached hydrogen (secondary N) is 1. The normalized spacial score (nSPS) is 10.9. The van der Waals surface area contributed by atoms with Gasteiger partial charge in [-0.2, -0.15) is 0 Å². The number of benzene rings is 3. The molecule has 156 valence electrons. The van der Waals surface area contributed by atoms with Crippen LogP contribution in [0.5, 0.6) is 0 Å². The predicted octanol–water partition coefficient (Wildman–Crippen LogP) is 7.22. The largest absolute Gasteiger partial charge is 0.319 e. The molecule has 5 nitrogen and oxygen atoms in total. The van der Waals surface area contributed by atoms with Gasteiger partial charge in [-0.25, -0.2) is 9.67 Å². The Labute approximate surface area is 202 Å². The molecule has 4 rings (SSSR count). The summed E-state index contributed by atoms with van der Waals surface area (Å²) in [6, 6.07) is 17.9. The quantitative estimate of drug-likeness (QED) is 0.300. The predicted molar refractivity (Wildman–Crippen MR) is 129 cm³/mol. The van der Waals surface area contributed by atoms with Crippen molar-refractivity contribution in [1.29, 1.82) is 0 Å². The van der Waals surface area contributed by atoms with Crippen molar-refractivity contribution in [3.05, 3.63) is 91.6 Å². The Balaban J connectivity index is 1.79. The van der Waals surface area contributed by atoms with Crippen LogP contribution in [0.15, 0.2) is 65.1 Å². The second-order valence-corrected chi connectivity index (χ2v) is 8.78. The van der Waals surface area contributed by atoms with Crippen LogP contribution in [0.25, 0.3) is 17.1 Å². The van der Waals surface area contributed by atoms with E-state index in [4.69, 9.17) is 34.8 Å². The first-order valence-corrected chi connectivity index (χ1v) is 11.0. The third-order valence-electron chi connectivity index (χ3n) is 4.56. The number of carbonyl (C=O) groups is 1. The van der Waals surface area contributed by atoms with Crippen LogP contribution in [-0.2, 0) is 0 Å². The fraction of sp³-hybridized carbons (Fsp3) is 0.0455. The van der Waals surface area contributed by atoms with Crippen LogP contribution in [-0.4, -0.2) is 20.7 Å². The molecule has 3 aromatic carbocycles. The van der Waals surface area contributed by atoms with Gasteiger partial charge in [0.2, 0.25) is 5.82 Å². The number of anilines is 1. The van der Waals surface area contributed by atoms with E-state index in [-0.39, 0.29) is 5.82 Å². The number of amides is 1. The maximum absolute atomic E-state index is 12.9. The summed E-state index contributed by atoms with van der Waals surface area (Å²) in [5, 5.41) is 8.56. The van der Waals surface area contributed by atoms with Crippen LogP contribution in [0.1, 0.15) is 16.2 Å². The topological polar surface area (TPSA) is 59.8 Å². The van der Waals surface area contributed by atoms with Gasteiger partial charge in [0.25, 0.3) is 5.91 Å². The summed E-state index contributed by atoms with van der Waals surface area (Å²) in [4.78, 5) is 17.4. The smallest absolute Gasteiger partial charge is 0.295 e. The zero-order chi connectivity index (χ0) is 22.1. The van der Waals surface area contributed by atoms with Gasteiger partial charge in [0, 0.05) is 20.7 Å². The monoisotopic (exact) mass is 534 g/mol. The molecular formula is C22H14BrCl3N4O. The molecule has 0 unspecified atom stereocenters. The fourth-order valence-electron chi connectivity index (χ4n) is 2.95. The zero-order valence-corrected chi connectivity index (χ0v) is 19.9. The lowest BCUT2D eigenvalue weighted by molar-refractivity contribution is 0.101. The van der Waals surface area contributed by atoms with E-state index >= 15 is 0 Å². The van der Waals surface area contributed by atoms with Gasteiger partial charge < -0.3 is 5.32 Å².